The summed E-state index contributed by atoms with van der Waals surface area (Å²) in [5.41, 5.74) is 3.28. The molecule has 9 aromatic rings. The lowest BCUT2D eigenvalue weighted by Gasteiger charge is -2.14. The number of tetrazole rings is 1. The number of halogens is 2. The molecule has 0 aliphatic carbocycles. The summed E-state index contributed by atoms with van der Waals surface area (Å²) in [5, 5.41) is 41.4. The van der Waals surface area contributed by atoms with Gasteiger partial charge in [0.05, 0.1) is 45.0 Å². The standard InChI is InChI=1S/C24H19FN10O4S.C24H18FN7O4S/c1-12-6-13(2-5-16(12)25)9-26-22(36)17-8-19(35-24(30-17)27-11-28-35)23(37)29-18-10-40(38,39)20-7-14(3-4-15(18)20)21-31-33-34-32-21;1-13-6-15(3-5-17(13)25)10-27-22(33)18-8-20(32-24(31-18)28-12-29-32)23(34)30-19-11-37(35,36)21-7-14(9-26)2-4-16(19)21/h2-8,11,18H,9-10H2,1H3,(H,26,36)(H,29,37)(H,31,32,33,34);2-8,12,19H,10-11H2,1H3,(H,27,33)(H,30,34). The van der Waals surface area contributed by atoms with Crippen LogP contribution >= 0.6 is 0 Å². The van der Waals surface area contributed by atoms with Crippen LogP contribution in [-0.2, 0) is 32.8 Å². The number of amides is 4. The maximum Gasteiger partial charge on any atom is 0.270 e. The summed E-state index contributed by atoms with van der Waals surface area (Å²) in [7, 11) is -7.43. The number of hydrogen-bond donors (Lipinski definition) is 5. The molecule has 11 rings (SSSR count). The second kappa shape index (κ2) is 20.1. The van der Waals surface area contributed by atoms with Crippen molar-refractivity contribution in [1.29, 1.82) is 5.26 Å². The van der Waals surface area contributed by atoms with Crippen molar-refractivity contribution in [3.63, 3.8) is 0 Å². The first-order valence-electron chi connectivity index (χ1n) is 22.8. The maximum atomic E-state index is 13.6. The number of nitrogens with zero attached hydrogens (tertiary/aromatic N) is 12. The quantitative estimate of drug-likeness (QED) is 0.124. The van der Waals surface area contributed by atoms with Gasteiger partial charge in [0.25, 0.3) is 35.2 Å². The molecule has 388 valence electrons. The molecule has 0 bridgehead atoms. The number of benzene rings is 4. The van der Waals surface area contributed by atoms with E-state index in [1.807, 2.05) is 6.07 Å². The van der Waals surface area contributed by atoms with Gasteiger partial charge in [0.2, 0.25) is 5.82 Å². The van der Waals surface area contributed by atoms with Gasteiger partial charge in [-0.1, -0.05) is 42.5 Å². The van der Waals surface area contributed by atoms with Crippen LogP contribution in [0.15, 0.2) is 107 Å². The Morgan fingerprint density at radius 2 is 1.16 bits per heavy atom. The molecule has 0 fully saturated rings. The van der Waals surface area contributed by atoms with Crippen molar-refractivity contribution in [3.05, 3.63) is 171 Å². The molecule has 2 unspecified atom stereocenters. The molecule has 0 radical (unpaired) electrons. The summed E-state index contributed by atoms with van der Waals surface area (Å²) < 4.78 is 80.4. The number of carbonyl (C=O) groups excluding carboxylic acids is 4. The van der Waals surface area contributed by atoms with Gasteiger partial charge in [-0.3, -0.25) is 19.2 Å². The predicted octanol–water partition coefficient (Wildman–Crippen LogP) is 2.57. The molecule has 5 N–H and O–H groups in total. The number of aromatic amines is 1. The number of rotatable bonds is 11. The fourth-order valence-electron chi connectivity index (χ4n) is 8.54. The summed E-state index contributed by atoms with van der Waals surface area (Å²) in [6.07, 6.45) is 2.34. The third-order valence-electron chi connectivity index (χ3n) is 12.3. The van der Waals surface area contributed by atoms with Gasteiger partial charge >= 0.3 is 0 Å². The van der Waals surface area contributed by atoms with Crippen LogP contribution in [0.2, 0.25) is 0 Å². The maximum absolute atomic E-state index is 13.6. The van der Waals surface area contributed by atoms with Crippen molar-refractivity contribution in [2.24, 2.45) is 0 Å². The van der Waals surface area contributed by atoms with E-state index in [2.05, 4.69) is 72.0 Å². The third-order valence-corrected chi connectivity index (χ3v) is 15.9. The highest BCUT2D eigenvalue weighted by molar-refractivity contribution is 7.92. The lowest BCUT2D eigenvalue weighted by atomic mass is 10.1. The van der Waals surface area contributed by atoms with Crippen molar-refractivity contribution in [1.82, 2.24) is 81.1 Å². The number of nitrogens with one attached hydrogen (secondary N) is 5. The summed E-state index contributed by atoms with van der Waals surface area (Å²) in [4.78, 5) is 68.7. The number of carbonyl (C=O) groups is 4. The SMILES string of the molecule is Cc1cc(CNC(=O)c2cc(C(=O)NC3CS(=O)(=O)c4cc(-c5nn[nH]n5)ccc43)n3ncnc3n2)ccc1F.Cc1cc(CNC(=O)c2cc(C(=O)NC3CS(=O)(=O)c4cc(C#N)ccc43)n3ncnc3n2)ccc1F. The zero-order valence-corrected chi connectivity index (χ0v) is 41.6. The van der Waals surface area contributed by atoms with Gasteiger partial charge in [0.15, 0.2) is 19.7 Å². The summed E-state index contributed by atoms with van der Waals surface area (Å²) in [6.45, 7) is 3.43. The van der Waals surface area contributed by atoms with E-state index in [1.54, 1.807) is 50.2 Å². The van der Waals surface area contributed by atoms with Gasteiger partial charge < -0.3 is 21.3 Å². The molecule has 2 atom stereocenters. The van der Waals surface area contributed by atoms with Gasteiger partial charge in [-0.05, 0) is 82.8 Å². The lowest BCUT2D eigenvalue weighted by Crippen LogP contribution is -2.32. The Labute approximate surface area is 433 Å². The number of sulfone groups is 2. The van der Waals surface area contributed by atoms with Crippen LogP contribution in [0, 0.1) is 36.8 Å². The third kappa shape index (κ3) is 10.2. The van der Waals surface area contributed by atoms with Crippen LogP contribution in [0.4, 0.5) is 8.78 Å². The van der Waals surface area contributed by atoms with Gasteiger partial charge in [0.1, 0.15) is 47.1 Å². The van der Waals surface area contributed by atoms with Crippen molar-refractivity contribution >= 4 is 54.9 Å². The second-order valence-electron chi connectivity index (χ2n) is 17.5. The average Bonchev–Trinajstić information content (AvgIpc) is 4.29. The first kappa shape index (κ1) is 50.7. The Bertz CT molecular complexity index is 4180. The van der Waals surface area contributed by atoms with E-state index >= 15 is 0 Å². The van der Waals surface area contributed by atoms with Crippen LogP contribution in [-0.4, -0.2) is 112 Å². The highest BCUT2D eigenvalue weighted by Gasteiger charge is 2.38. The fraction of sp³-hybridized carbons (Fsp3) is 0.167. The van der Waals surface area contributed by atoms with E-state index in [-0.39, 0.29) is 91.7 Å². The first-order valence-corrected chi connectivity index (χ1v) is 26.1. The van der Waals surface area contributed by atoms with Crippen molar-refractivity contribution in [3.8, 4) is 17.5 Å². The number of H-pyrrole nitrogens is 1. The fourth-order valence-corrected chi connectivity index (χ4v) is 12.1. The molecular formula is C48H37F2N17O8S2. The van der Waals surface area contributed by atoms with Crippen LogP contribution in [0.5, 0.6) is 0 Å². The number of aromatic nitrogens is 12. The smallest absolute Gasteiger partial charge is 0.270 e. The molecule has 5 aromatic heterocycles. The number of hydrogen-bond acceptors (Lipinski definition) is 18. The van der Waals surface area contributed by atoms with E-state index in [0.29, 0.717) is 38.9 Å². The minimum atomic E-state index is -3.72. The number of fused-ring (bicyclic) bond motifs is 4. The van der Waals surface area contributed by atoms with E-state index in [1.165, 1.54) is 61.2 Å². The van der Waals surface area contributed by atoms with Gasteiger partial charge in [-0.25, -0.2) is 35.6 Å². The van der Waals surface area contributed by atoms with Gasteiger partial charge in [-0.15, -0.1) is 10.2 Å². The molecule has 0 saturated heterocycles. The zero-order valence-electron chi connectivity index (χ0n) is 39.9. The molecule has 2 aliphatic rings. The van der Waals surface area contributed by atoms with E-state index < -0.39 is 55.4 Å². The first-order chi connectivity index (χ1) is 36.8. The highest BCUT2D eigenvalue weighted by Crippen LogP contribution is 2.37. The van der Waals surface area contributed by atoms with Crippen LogP contribution in [0.1, 0.15) is 93.0 Å². The Morgan fingerprint density at radius 1 is 0.662 bits per heavy atom. The van der Waals surface area contributed by atoms with E-state index in [9.17, 15) is 44.8 Å². The van der Waals surface area contributed by atoms with E-state index in [4.69, 9.17) is 5.26 Å². The minimum Gasteiger partial charge on any atom is -0.347 e. The summed E-state index contributed by atoms with van der Waals surface area (Å²) >= 11 is 0. The molecule has 4 aromatic carbocycles. The van der Waals surface area contributed by atoms with Crippen molar-refractivity contribution in [2.45, 2.75) is 48.8 Å². The normalized spacial score (nSPS) is 15.6. The molecule has 25 nitrogen and oxygen atoms in total. The Balaban J connectivity index is 0.000000175. The van der Waals surface area contributed by atoms with Crippen molar-refractivity contribution < 1.29 is 44.8 Å². The van der Waals surface area contributed by atoms with Crippen LogP contribution in [0.3, 0.4) is 0 Å². The topological polar surface area (TPSA) is 349 Å². The minimum absolute atomic E-state index is 0.000348. The Hall–Kier alpha value is -9.82. The number of nitriles is 1. The van der Waals surface area contributed by atoms with Crippen LogP contribution < -0.4 is 21.3 Å². The van der Waals surface area contributed by atoms with Crippen molar-refractivity contribution in [2.75, 3.05) is 11.5 Å². The highest BCUT2D eigenvalue weighted by atomic mass is 32.2. The van der Waals surface area contributed by atoms with Gasteiger partial charge in [-0.2, -0.15) is 39.7 Å². The molecule has 0 saturated carbocycles. The molecule has 0 spiro atoms. The molecule has 77 heavy (non-hydrogen) atoms. The van der Waals surface area contributed by atoms with Crippen LogP contribution in [0.25, 0.3) is 22.9 Å². The molecule has 2 aliphatic heterocycles. The molecule has 4 amide bonds. The second-order valence-corrected chi connectivity index (χ2v) is 21.5. The lowest BCUT2D eigenvalue weighted by molar-refractivity contribution is 0.0920. The predicted molar refractivity (Wildman–Crippen MR) is 261 cm³/mol. The van der Waals surface area contributed by atoms with E-state index in [0.717, 1.165) is 9.03 Å². The molecular weight excluding hydrogens is 1040 g/mol. The molecule has 7 heterocycles. The Kier molecular flexibility index (Phi) is 13.3. The average molecular weight is 1080 g/mol. The summed E-state index contributed by atoms with van der Waals surface area (Å²) in [6, 6.07) is 20.5. The van der Waals surface area contributed by atoms with Gasteiger partial charge in [0, 0.05) is 30.8 Å². The largest absolute Gasteiger partial charge is 0.347 e. The monoisotopic (exact) mass is 1080 g/mol. The molecule has 29 heteroatoms. The zero-order chi connectivity index (χ0) is 54.3. The Morgan fingerprint density at radius 3 is 1.62 bits per heavy atom. The number of aryl methyl sites for hydroxylation is 2. The summed E-state index contributed by atoms with van der Waals surface area (Å²) in [5.74, 6) is -3.79.